The smallest absolute Gasteiger partial charge is 0.123 e. The summed E-state index contributed by atoms with van der Waals surface area (Å²) < 4.78 is 16.4. The second kappa shape index (κ2) is 7.80. The Morgan fingerprint density at radius 3 is 2.20 bits per heavy atom. The summed E-state index contributed by atoms with van der Waals surface area (Å²) in [6.45, 7) is 1.01. The fourth-order valence-electron chi connectivity index (χ4n) is 1.74. The third-order valence-corrected chi connectivity index (χ3v) is 3.39. The normalized spacial score (nSPS) is 10.1. The topological polar surface area (TPSA) is 27.7 Å². The lowest BCUT2D eigenvalue weighted by molar-refractivity contribution is 0.216. The van der Waals surface area contributed by atoms with Crippen molar-refractivity contribution in [3.05, 3.63) is 54.1 Å². The van der Waals surface area contributed by atoms with Gasteiger partial charge in [0.15, 0.2) is 0 Å². The van der Waals surface area contributed by atoms with E-state index < -0.39 is 0 Å². The lowest BCUT2D eigenvalue weighted by Crippen LogP contribution is -2.09. The van der Waals surface area contributed by atoms with Gasteiger partial charge in [0.2, 0.25) is 0 Å². The van der Waals surface area contributed by atoms with Crippen molar-refractivity contribution in [2.24, 2.45) is 0 Å². The number of rotatable bonds is 7. The van der Waals surface area contributed by atoms with Gasteiger partial charge in [0.1, 0.15) is 30.5 Å². The number of hydrogen-bond acceptors (Lipinski definition) is 3. The fourth-order valence-corrected chi connectivity index (χ4v) is 2.20. The van der Waals surface area contributed by atoms with E-state index in [1.54, 1.807) is 7.11 Å². The van der Waals surface area contributed by atoms with Gasteiger partial charge in [0, 0.05) is 10.9 Å². The summed E-state index contributed by atoms with van der Waals surface area (Å²) in [7, 11) is 1.64. The predicted molar refractivity (Wildman–Crippen MR) is 83.1 cm³/mol. The van der Waals surface area contributed by atoms with Crippen LogP contribution in [0.3, 0.4) is 0 Å². The van der Waals surface area contributed by atoms with Crippen LogP contribution in [0.15, 0.2) is 48.5 Å². The zero-order valence-electron chi connectivity index (χ0n) is 11.3. The summed E-state index contributed by atoms with van der Waals surface area (Å²) in [4.78, 5) is 0. The molecule has 0 aliphatic carbocycles. The molecule has 0 aromatic heterocycles. The van der Waals surface area contributed by atoms with Crippen molar-refractivity contribution < 1.29 is 14.2 Å². The first-order valence-electron chi connectivity index (χ1n) is 6.37. The Morgan fingerprint density at radius 2 is 1.50 bits per heavy atom. The van der Waals surface area contributed by atoms with Crippen molar-refractivity contribution >= 4 is 15.9 Å². The molecule has 2 aromatic rings. The highest BCUT2D eigenvalue weighted by atomic mass is 79.9. The number of benzene rings is 2. The van der Waals surface area contributed by atoms with Crippen molar-refractivity contribution in [1.29, 1.82) is 0 Å². The molecule has 2 aromatic carbocycles. The molecule has 3 nitrogen and oxygen atoms in total. The molecule has 0 bridgehead atoms. The van der Waals surface area contributed by atoms with Crippen LogP contribution < -0.4 is 14.2 Å². The minimum absolute atomic E-state index is 0.503. The number of methoxy groups -OCH3 is 1. The fraction of sp³-hybridized carbons (Fsp3) is 0.250. The molecule has 0 spiro atoms. The van der Waals surface area contributed by atoms with E-state index in [1.807, 2.05) is 48.5 Å². The number of alkyl halides is 1. The molecule has 0 atom stereocenters. The van der Waals surface area contributed by atoms with Gasteiger partial charge in [-0.3, -0.25) is 0 Å². The number of para-hydroxylation sites is 1. The van der Waals surface area contributed by atoms with E-state index in [2.05, 4.69) is 15.9 Å². The van der Waals surface area contributed by atoms with Crippen LogP contribution in [0.1, 0.15) is 5.56 Å². The Labute approximate surface area is 127 Å². The molecule has 20 heavy (non-hydrogen) atoms. The Bertz CT molecular complexity index is 526. The van der Waals surface area contributed by atoms with Crippen molar-refractivity contribution in [1.82, 2.24) is 0 Å². The first-order valence-corrected chi connectivity index (χ1v) is 7.49. The monoisotopic (exact) mass is 336 g/mol. The third kappa shape index (κ3) is 4.17. The molecule has 0 unspecified atom stereocenters. The zero-order valence-corrected chi connectivity index (χ0v) is 12.9. The Kier molecular flexibility index (Phi) is 5.74. The Morgan fingerprint density at radius 1 is 0.850 bits per heavy atom. The predicted octanol–water partition coefficient (Wildman–Crippen LogP) is 4.05. The van der Waals surface area contributed by atoms with Crippen molar-refractivity contribution in [2.45, 2.75) is 5.33 Å². The lowest BCUT2D eigenvalue weighted by atomic mass is 10.2. The average molecular weight is 337 g/mol. The van der Waals surface area contributed by atoms with E-state index in [0.717, 1.165) is 28.1 Å². The van der Waals surface area contributed by atoms with Gasteiger partial charge in [-0.25, -0.2) is 0 Å². The molecule has 2 rings (SSSR count). The first kappa shape index (κ1) is 14.7. The van der Waals surface area contributed by atoms with Gasteiger partial charge in [-0.05, 0) is 30.3 Å². The van der Waals surface area contributed by atoms with Crippen LogP contribution in [0, 0.1) is 0 Å². The highest BCUT2D eigenvalue weighted by molar-refractivity contribution is 9.08. The maximum absolute atomic E-state index is 5.71. The van der Waals surface area contributed by atoms with Gasteiger partial charge >= 0.3 is 0 Å². The summed E-state index contributed by atoms with van der Waals surface area (Å²) in [5.41, 5.74) is 1.14. The molecule has 0 saturated carbocycles. The molecule has 0 saturated heterocycles. The van der Waals surface area contributed by atoms with Crippen LogP contribution in [-0.2, 0) is 5.33 Å². The molecule has 0 aliphatic rings. The zero-order chi connectivity index (χ0) is 14.2. The number of hydrogen-bond donors (Lipinski definition) is 0. The van der Waals surface area contributed by atoms with Crippen LogP contribution in [-0.4, -0.2) is 20.3 Å². The van der Waals surface area contributed by atoms with Crippen molar-refractivity contribution in [3.8, 4) is 17.2 Å². The quantitative estimate of drug-likeness (QED) is 0.564. The maximum Gasteiger partial charge on any atom is 0.123 e. The molecule has 0 N–H and O–H groups in total. The van der Waals surface area contributed by atoms with E-state index in [1.165, 1.54) is 0 Å². The summed E-state index contributed by atoms with van der Waals surface area (Å²) >= 11 is 3.44. The van der Waals surface area contributed by atoms with Crippen LogP contribution >= 0.6 is 15.9 Å². The molecule has 0 aliphatic heterocycles. The summed E-state index contributed by atoms with van der Waals surface area (Å²) in [6.07, 6.45) is 0. The molecular formula is C16H17BrO3. The second-order valence-corrected chi connectivity index (χ2v) is 4.67. The van der Waals surface area contributed by atoms with Crippen LogP contribution in [0.5, 0.6) is 17.2 Å². The van der Waals surface area contributed by atoms with Crippen LogP contribution in [0.25, 0.3) is 0 Å². The Balaban J connectivity index is 1.78. The standard InChI is InChI=1S/C16H17BrO3/c1-18-14-6-8-15(9-7-14)19-10-11-20-16-5-3-2-4-13(16)12-17/h2-9H,10-12H2,1H3. The summed E-state index contributed by atoms with van der Waals surface area (Å²) in [6, 6.07) is 15.5. The molecule has 4 heteroatoms. The molecular weight excluding hydrogens is 320 g/mol. The maximum atomic E-state index is 5.71. The largest absolute Gasteiger partial charge is 0.497 e. The lowest BCUT2D eigenvalue weighted by Gasteiger charge is -2.11. The van der Waals surface area contributed by atoms with E-state index in [4.69, 9.17) is 14.2 Å². The summed E-state index contributed by atoms with van der Waals surface area (Å²) in [5, 5.41) is 0.780. The Hall–Kier alpha value is -1.68. The van der Waals surface area contributed by atoms with Crippen LogP contribution in [0.4, 0.5) is 0 Å². The van der Waals surface area contributed by atoms with Crippen molar-refractivity contribution in [3.63, 3.8) is 0 Å². The molecule has 0 amide bonds. The van der Waals surface area contributed by atoms with E-state index in [9.17, 15) is 0 Å². The molecule has 0 radical (unpaired) electrons. The van der Waals surface area contributed by atoms with Crippen molar-refractivity contribution in [2.75, 3.05) is 20.3 Å². The average Bonchev–Trinajstić information content (AvgIpc) is 2.52. The van der Waals surface area contributed by atoms with Gasteiger partial charge in [-0.15, -0.1) is 0 Å². The minimum Gasteiger partial charge on any atom is -0.497 e. The third-order valence-electron chi connectivity index (χ3n) is 2.79. The highest BCUT2D eigenvalue weighted by Crippen LogP contribution is 2.20. The molecule has 0 heterocycles. The number of ether oxygens (including phenoxy) is 3. The van der Waals surface area contributed by atoms with Gasteiger partial charge in [0.05, 0.1) is 7.11 Å². The molecule has 0 fully saturated rings. The molecule has 106 valence electrons. The van der Waals surface area contributed by atoms with Gasteiger partial charge in [-0.2, -0.15) is 0 Å². The first-order chi connectivity index (χ1) is 9.83. The van der Waals surface area contributed by atoms with Gasteiger partial charge in [-0.1, -0.05) is 34.1 Å². The second-order valence-electron chi connectivity index (χ2n) is 4.11. The van der Waals surface area contributed by atoms with Crippen LogP contribution in [0.2, 0.25) is 0 Å². The van der Waals surface area contributed by atoms with E-state index in [0.29, 0.717) is 13.2 Å². The number of halogens is 1. The SMILES string of the molecule is COc1ccc(OCCOc2ccccc2CBr)cc1. The summed E-state index contributed by atoms with van der Waals surface area (Å²) in [5.74, 6) is 2.52. The van der Waals surface area contributed by atoms with Gasteiger partial charge < -0.3 is 14.2 Å². The van der Waals surface area contributed by atoms with Gasteiger partial charge in [0.25, 0.3) is 0 Å². The van der Waals surface area contributed by atoms with E-state index >= 15 is 0 Å². The van der Waals surface area contributed by atoms with E-state index in [-0.39, 0.29) is 0 Å². The minimum atomic E-state index is 0.503. The highest BCUT2D eigenvalue weighted by Gasteiger charge is 2.01.